The van der Waals surface area contributed by atoms with Crippen LogP contribution in [0.25, 0.3) is 0 Å². The Morgan fingerprint density at radius 2 is 1.38 bits per heavy atom. The molecule has 3 aliphatic rings. The summed E-state index contributed by atoms with van der Waals surface area (Å²) in [6, 6.07) is -1.99. The molecule has 0 saturated carbocycles. The van der Waals surface area contributed by atoms with Crippen molar-refractivity contribution >= 4 is 17.6 Å². The molecule has 7 nitrogen and oxygen atoms in total. The van der Waals surface area contributed by atoms with Crippen LogP contribution in [0.4, 0.5) is 4.79 Å². The maximum atomic E-state index is 12.8. The fourth-order valence-corrected chi connectivity index (χ4v) is 3.95. The Morgan fingerprint density at radius 1 is 0.875 bits per heavy atom. The normalized spacial score (nSPS) is 29.6. The van der Waals surface area contributed by atoms with E-state index in [0.717, 1.165) is 0 Å². The highest BCUT2D eigenvalue weighted by molar-refractivity contribution is 5.97. The third kappa shape index (κ3) is 3.47. The number of hydrogen-bond acceptors (Lipinski definition) is 5. The van der Waals surface area contributed by atoms with Gasteiger partial charge in [0.2, 0.25) is 0 Å². The molecule has 24 heavy (non-hydrogen) atoms. The molecule has 7 heteroatoms. The third-order valence-corrected chi connectivity index (χ3v) is 5.34. The van der Waals surface area contributed by atoms with Crippen molar-refractivity contribution < 1.29 is 23.9 Å². The van der Waals surface area contributed by atoms with E-state index in [2.05, 4.69) is 0 Å². The number of primary amides is 1. The Kier molecular flexibility index (Phi) is 5.50. The molecule has 3 aliphatic heterocycles. The Labute approximate surface area is 141 Å². The van der Waals surface area contributed by atoms with Crippen molar-refractivity contribution in [2.75, 3.05) is 26.4 Å². The van der Waals surface area contributed by atoms with E-state index in [1.165, 1.54) is 4.90 Å². The molecular formula is C17H25N2O5. The number of carbonyl (C=O) groups excluding carboxylic acids is 3. The van der Waals surface area contributed by atoms with E-state index >= 15 is 0 Å². The van der Waals surface area contributed by atoms with Crippen molar-refractivity contribution in [3.05, 3.63) is 6.42 Å². The zero-order chi connectivity index (χ0) is 17.1. The van der Waals surface area contributed by atoms with Gasteiger partial charge in [0.25, 0.3) is 0 Å². The average molecular weight is 337 g/mol. The van der Waals surface area contributed by atoms with Gasteiger partial charge in [0.1, 0.15) is 0 Å². The van der Waals surface area contributed by atoms with Crippen molar-refractivity contribution in [2.24, 2.45) is 17.6 Å². The summed E-state index contributed by atoms with van der Waals surface area (Å²) in [5, 5.41) is 0. The highest BCUT2D eigenvalue weighted by Crippen LogP contribution is 2.32. The minimum absolute atomic E-state index is 0.00984. The Hall–Kier alpha value is -1.47. The SMILES string of the molecule is NC(=O)N1C(C(=O)C2CCOCC2)[CH]CC1C(=O)C1CCOCC1. The van der Waals surface area contributed by atoms with Crippen LogP contribution >= 0.6 is 0 Å². The molecule has 2 amide bonds. The van der Waals surface area contributed by atoms with Gasteiger partial charge < -0.3 is 20.1 Å². The molecule has 3 fully saturated rings. The van der Waals surface area contributed by atoms with Crippen LogP contribution in [0.3, 0.4) is 0 Å². The summed E-state index contributed by atoms with van der Waals surface area (Å²) in [5.41, 5.74) is 5.53. The molecule has 0 aromatic heterocycles. The lowest BCUT2D eigenvalue weighted by Gasteiger charge is -2.32. The van der Waals surface area contributed by atoms with Crippen LogP contribution in [0.15, 0.2) is 0 Å². The summed E-state index contributed by atoms with van der Waals surface area (Å²) < 4.78 is 10.6. The lowest BCUT2D eigenvalue weighted by molar-refractivity contribution is -0.132. The first-order valence-electron chi connectivity index (χ1n) is 8.73. The second kappa shape index (κ2) is 7.61. The second-order valence-electron chi connectivity index (χ2n) is 6.76. The van der Waals surface area contributed by atoms with Crippen LogP contribution in [-0.4, -0.2) is 61.0 Å². The molecule has 3 heterocycles. The number of urea groups is 1. The van der Waals surface area contributed by atoms with E-state index in [-0.39, 0.29) is 23.4 Å². The van der Waals surface area contributed by atoms with Crippen molar-refractivity contribution in [1.82, 2.24) is 4.90 Å². The van der Waals surface area contributed by atoms with Crippen LogP contribution in [0.1, 0.15) is 32.1 Å². The van der Waals surface area contributed by atoms with Gasteiger partial charge in [-0.1, -0.05) is 0 Å². The minimum Gasteiger partial charge on any atom is -0.381 e. The van der Waals surface area contributed by atoms with Gasteiger partial charge in [-0.05, 0) is 38.5 Å². The van der Waals surface area contributed by atoms with E-state index in [1.54, 1.807) is 6.42 Å². The monoisotopic (exact) mass is 337 g/mol. The van der Waals surface area contributed by atoms with E-state index < -0.39 is 18.1 Å². The summed E-state index contributed by atoms with van der Waals surface area (Å²) in [6.07, 6.45) is 4.84. The predicted molar refractivity (Wildman–Crippen MR) is 85.0 cm³/mol. The average Bonchev–Trinajstić information content (AvgIpc) is 3.07. The standard InChI is InChI=1S/C17H25N2O5/c18-17(22)19-13(15(20)11-3-7-23-8-4-11)1-2-14(19)16(21)12-5-9-24-10-6-12/h1,11-14H,2-10H2,(H2,18,22). The van der Waals surface area contributed by atoms with Gasteiger partial charge in [-0.2, -0.15) is 0 Å². The molecule has 2 unspecified atom stereocenters. The Balaban J connectivity index is 1.71. The number of Topliss-reactive ketones (excluding diaryl/α,β-unsaturated/α-hetero) is 2. The van der Waals surface area contributed by atoms with E-state index in [9.17, 15) is 14.4 Å². The molecule has 133 valence electrons. The fourth-order valence-electron chi connectivity index (χ4n) is 3.95. The quantitative estimate of drug-likeness (QED) is 0.814. The number of rotatable bonds is 4. The molecule has 0 aromatic carbocycles. The topological polar surface area (TPSA) is 98.9 Å². The van der Waals surface area contributed by atoms with E-state index in [4.69, 9.17) is 15.2 Å². The third-order valence-electron chi connectivity index (χ3n) is 5.34. The molecule has 2 N–H and O–H groups in total. The van der Waals surface area contributed by atoms with Crippen LogP contribution in [0, 0.1) is 18.3 Å². The first kappa shape index (κ1) is 17.4. The highest BCUT2D eigenvalue weighted by Gasteiger charge is 2.46. The molecule has 3 rings (SSSR count). The van der Waals surface area contributed by atoms with Crippen molar-refractivity contribution in [3.63, 3.8) is 0 Å². The number of hydrogen-bond donors (Lipinski definition) is 1. The largest absolute Gasteiger partial charge is 0.381 e. The second-order valence-corrected chi connectivity index (χ2v) is 6.76. The zero-order valence-corrected chi connectivity index (χ0v) is 13.8. The Morgan fingerprint density at radius 3 is 1.88 bits per heavy atom. The van der Waals surface area contributed by atoms with Crippen LogP contribution < -0.4 is 5.73 Å². The van der Waals surface area contributed by atoms with Gasteiger partial charge >= 0.3 is 6.03 Å². The maximum Gasteiger partial charge on any atom is 0.316 e. The van der Waals surface area contributed by atoms with Crippen LogP contribution in [0.2, 0.25) is 0 Å². The lowest BCUT2D eigenvalue weighted by atomic mass is 9.90. The molecule has 2 atom stereocenters. The van der Waals surface area contributed by atoms with E-state index in [0.29, 0.717) is 58.5 Å². The van der Waals surface area contributed by atoms with Crippen molar-refractivity contribution in [3.8, 4) is 0 Å². The number of nitrogens with two attached hydrogens (primary N) is 1. The van der Waals surface area contributed by atoms with Gasteiger partial charge in [-0.3, -0.25) is 9.59 Å². The number of amides is 2. The number of likely N-dealkylation sites (tertiary alicyclic amines) is 1. The van der Waals surface area contributed by atoms with E-state index in [1.807, 2.05) is 0 Å². The molecule has 0 aliphatic carbocycles. The number of carbonyl (C=O) groups is 3. The van der Waals surface area contributed by atoms with Gasteiger partial charge in [-0.15, -0.1) is 0 Å². The molecule has 3 saturated heterocycles. The number of ketones is 2. The summed E-state index contributed by atoms with van der Waals surface area (Å²) in [4.78, 5) is 38.9. The smallest absolute Gasteiger partial charge is 0.316 e. The van der Waals surface area contributed by atoms with Gasteiger partial charge in [-0.25, -0.2) is 4.79 Å². The predicted octanol–water partition coefficient (Wildman–Crippen LogP) is 0.704. The minimum atomic E-state index is -0.695. The Bertz CT molecular complexity index is 459. The van der Waals surface area contributed by atoms with Gasteiger partial charge in [0, 0.05) is 38.3 Å². The maximum absolute atomic E-state index is 12.8. The molecule has 0 spiro atoms. The summed E-state index contributed by atoms with van der Waals surface area (Å²) in [6.45, 7) is 2.25. The molecule has 0 aromatic rings. The lowest BCUT2D eigenvalue weighted by Crippen LogP contribution is -2.53. The summed E-state index contributed by atoms with van der Waals surface area (Å²) >= 11 is 0. The van der Waals surface area contributed by atoms with Gasteiger partial charge in [0.05, 0.1) is 12.1 Å². The number of ether oxygens (including phenoxy) is 2. The molecular weight excluding hydrogens is 312 g/mol. The molecule has 0 bridgehead atoms. The van der Waals surface area contributed by atoms with Crippen LogP contribution in [0.5, 0.6) is 0 Å². The first-order chi connectivity index (χ1) is 11.6. The first-order valence-corrected chi connectivity index (χ1v) is 8.73. The van der Waals surface area contributed by atoms with Gasteiger partial charge in [0.15, 0.2) is 11.6 Å². The summed E-state index contributed by atoms with van der Waals surface area (Å²) in [7, 11) is 0. The van der Waals surface area contributed by atoms with Crippen molar-refractivity contribution in [1.29, 1.82) is 0 Å². The van der Waals surface area contributed by atoms with Crippen LogP contribution in [-0.2, 0) is 19.1 Å². The molecule has 1 radical (unpaired) electrons. The zero-order valence-electron chi connectivity index (χ0n) is 13.8. The number of nitrogens with zero attached hydrogens (tertiary/aromatic N) is 1. The summed E-state index contributed by atoms with van der Waals surface area (Å²) in [5.74, 6) is -0.246. The van der Waals surface area contributed by atoms with Crippen molar-refractivity contribution in [2.45, 2.75) is 44.2 Å². The fraction of sp³-hybridized carbons (Fsp3) is 0.765. The highest BCUT2D eigenvalue weighted by atomic mass is 16.5.